The number of aryl methyl sites for hydroxylation is 2. The van der Waals surface area contributed by atoms with Crippen molar-refractivity contribution in [2.24, 2.45) is 0 Å². The van der Waals surface area contributed by atoms with E-state index in [1.54, 1.807) is 0 Å². The van der Waals surface area contributed by atoms with Gasteiger partial charge in [0.15, 0.2) is 0 Å². The summed E-state index contributed by atoms with van der Waals surface area (Å²) < 4.78 is 1.13. The van der Waals surface area contributed by atoms with E-state index in [1.807, 2.05) is 6.07 Å². The van der Waals surface area contributed by atoms with E-state index in [1.165, 1.54) is 32.7 Å². The summed E-state index contributed by atoms with van der Waals surface area (Å²) in [7, 11) is 0. The lowest BCUT2D eigenvalue weighted by Gasteiger charge is -2.21. The zero-order chi connectivity index (χ0) is 21.8. The minimum atomic E-state index is -0.878. The van der Waals surface area contributed by atoms with Crippen molar-refractivity contribution < 1.29 is 9.90 Å². The van der Waals surface area contributed by atoms with Crippen LogP contribution in [0, 0.1) is 0 Å². The maximum Gasteiger partial charge on any atom is 0.407 e. The second kappa shape index (κ2) is 7.48. The third kappa shape index (κ3) is 3.21. The SMILES string of the molecule is O=C(O)N1CCCC1c1nc2ccc(-c3ccc4c(c3)CCc3cc(Br)ccc3-4)cc2[nH]1. The molecule has 4 aromatic rings. The van der Waals surface area contributed by atoms with E-state index < -0.39 is 6.09 Å². The molecule has 2 heterocycles. The molecule has 1 atom stereocenters. The number of hydrogen-bond donors (Lipinski definition) is 2. The Hall–Kier alpha value is -3.12. The van der Waals surface area contributed by atoms with Crippen LogP contribution in [-0.4, -0.2) is 32.6 Å². The van der Waals surface area contributed by atoms with E-state index >= 15 is 0 Å². The predicted molar refractivity (Wildman–Crippen MR) is 129 cm³/mol. The monoisotopic (exact) mass is 487 g/mol. The van der Waals surface area contributed by atoms with Crippen LogP contribution in [-0.2, 0) is 12.8 Å². The molecule has 6 rings (SSSR count). The van der Waals surface area contributed by atoms with Crippen LogP contribution in [0.1, 0.15) is 35.8 Å². The van der Waals surface area contributed by atoms with Gasteiger partial charge in [-0.15, -0.1) is 0 Å². The first-order valence-electron chi connectivity index (χ1n) is 11.0. The van der Waals surface area contributed by atoms with Crippen molar-refractivity contribution in [2.45, 2.75) is 31.7 Å². The van der Waals surface area contributed by atoms with Crippen LogP contribution in [0.25, 0.3) is 33.3 Å². The second-order valence-electron chi connectivity index (χ2n) is 8.66. The van der Waals surface area contributed by atoms with E-state index in [4.69, 9.17) is 4.98 Å². The summed E-state index contributed by atoms with van der Waals surface area (Å²) in [5.74, 6) is 0.741. The van der Waals surface area contributed by atoms with E-state index in [0.717, 1.165) is 52.6 Å². The highest BCUT2D eigenvalue weighted by atomic mass is 79.9. The Labute approximate surface area is 194 Å². The van der Waals surface area contributed by atoms with Gasteiger partial charge in [-0.05, 0) is 83.3 Å². The Bertz CT molecular complexity index is 1380. The molecule has 3 aromatic carbocycles. The van der Waals surface area contributed by atoms with Crippen LogP contribution < -0.4 is 0 Å². The molecule has 1 unspecified atom stereocenters. The van der Waals surface area contributed by atoms with Gasteiger partial charge in [-0.25, -0.2) is 9.78 Å². The smallest absolute Gasteiger partial charge is 0.407 e. The minimum Gasteiger partial charge on any atom is -0.465 e. The number of imidazole rings is 1. The first-order chi connectivity index (χ1) is 15.6. The Morgan fingerprint density at radius 2 is 1.72 bits per heavy atom. The lowest BCUT2D eigenvalue weighted by atomic mass is 9.84. The fourth-order valence-corrected chi connectivity index (χ4v) is 5.60. The van der Waals surface area contributed by atoms with E-state index in [9.17, 15) is 9.90 Å². The van der Waals surface area contributed by atoms with Crippen molar-refractivity contribution in [3.8, 4) is 22.3 Å². The average Bonchev–Trinajstić information content (AvgIpc) is 3.44. The number of nitrogens with one attached hydrogen (secondary N) is 1. The van der Waals surface area contributed by atoms with Crippen LogP contribution in [0.3, 0.4) is 0 Å². The van der Waals surface area contributed by atoms with Gasteiger partial charge in [0.25, 0.3) is 0 Å². The number of benzene rings is 3. The summed E-state index contributed by atoms with van der Waals surface area (Å²) in [6.07, 6.45) is 2.89. The molecule has 6 heteroatoms. The molecule has 1 aliphatic carbocycles. The molecule has 32 heavy (non-hydrogen) atoms. The number of aromatic nitrogens is 2. The van der Waals surface area contributed by atoms with Gasteiger partial charge in [-0.1, -0.05) is 46.3 Å². The van der Waals surface area contributed by atoms with Crippen LogP contribution in [0.4, 0.5) is 4.79 Å². The summed E-state index contributed by atoms with van der Waals surface area (Å²) in [5, 5.41) is 9.47. The molecule has 2 aliphatic rings. The molecular weight excluding hydrogens is 466 g/mol. The van der Waals surface area contributed by atoms with Gasteiger partial charge in [0.2, 0.25) is 0 Å². The molecule has 0 bridgehead atoms. The molecule has 1 saturated heterocycles. The van der Waals surface area contributed by atoms with Crippen molar-refractivity contribution in [3.63, 3.8) is 0 Å². The van der Waals surface area contributed by atoms with Crippen molar-refractivity contribution >= 4 is 33.1 Å². The lowest BCUT2D eigenvalue weighted by Crippen LogP contribution is -2.29. The number of rotatable bonds is 2. The number of H-pyrrole nitrogens is 1. The first kappa shape index (κ1) is 19.6. The Morgan fingerprint density at radius 3 is 2.53 bits per heavy atom. The molecule has 1 amide bonds. The molecule has 2 N–H and O–H groups in total. The number of aromatic amines is 1. The van der Waals surface area contributed by atoms with Crippen molar-refractivity contribution in [1.82, 2.24) is 14.9 Å². The third-order valence-corrected chi connectivity index (χ3v) is 7.27. The number of likely N-dealkylation sites (tertiary alicyclic amines) is 1. The molecular formula is C26H22BrN3O2. The van der Waals surface area contributed by atoms with Gasteiger partial charge in [0.1, 0.15) is 5.82 Å². The topological polar surface area (TPSA) is 69.2 Å². The van der Waals surface area contributed by atoms with Gasteiger partial charge < -0.3 is 10.1 Å². The quantitative estimate of drug-likeness (QED) is 0.335. The number of halogens is 1. The summed E-state index contributed by atoms with van der Waals surface area (Å²) in [4.78, 5) is 21.1. The van der Waals surface area contributed by atoms with Crippen molar-refractivity contribution in [3.05, 3.63) is 76.0 Å². The molecule has 5 nitrogen and oxygen atoms in total. The fourth-order valence-electron chi connectivity index (χ4n) is 5.19. The fraction of sp³-hybridized carbons (Fsp3) is 0.231. The molecule has 1 fully saturated rings. The predicted octanol–water partition coefficient (Wildman–Crippen LogP) is 6.57. The van der Waals surface area contributed by atoms with E-state index in [0.29, 0.717) is 6.54 Å². The molecule has 0 spiro atoms. The van der Waals surface area contributed by atoms with Crippen molar-refractivity contribution in [2.75, 3.05) is 6.54 Å². The zero-order valence-corrected chi connectivity index (χ0v) is 19.0. The number of carboxylic acid groups (broad SMARTS) is 1. The molecule has 1 aromatic heterocycles. The largest absolute Gasteiger partial charge is 0.465 e. The van der Waals surface area contributed by atoms with Crippen LogP contribution >= 0.6 is 15.9 Å². The van der Waals surface area contributed by atoms with Crippen LogP contribution in [0.2, 0.25) is 0 Å². The van der Waals surface area contributed by atoms with Crippen LogP contribution in [0.5, 0.6) is 0 Å². The molecule has 0 radical (unpaired) electrons. The molecule has 1 aliphatic heterocycles. The van der Waals surface area contributed by atoms with Gasteiger partial charge in [0, 0.05) is 11.0 Å². The Kier molecular flexibility index (Phi) is 4.57. The standard InChI is InChI=1S/C26H22BrN3O2/c27-19-7-9-21-18(13-19)4-3-17-12-15(5-8-20(17)21)16-6-10-22-23(14-16)29-25(28-22)24-2-1-11-30(24)26(31)32/h5-10,12-14,24H,1-4,11H2,(H,28,29)(H,31,32). The maximum absolute atomic E-state index is 11.5. The van der Waals surface area contributed by atoms with Crippen molar-refractivity contribution in [1.29, 1.82) is 0 Å². The first-order valence-corrected chi connectivity index (χ1v) is 11.8. The number of amides is 1. The average molecular weight is 488 g/mol. The maximum atomic E-state index is 11.5. The number of nitrogens with zero attached hydrogens (tertiary/aromatic N) is 2. The lowest BCUT2D eigenvalue weighted by molar-refractivity contribution is 0.139. The highest BCUT2D eigenvalue weighted by Crippen LogP contribution is 2.38. The normalized spacial score (nSPS) is 17.4. The summed E-state index contributed by atoms with van der Waals surface area (Å²) in [6.45, 7) is 0.567. The number of fused-ring (bicyclic) bond motifs is 4. The van der Waals surface area contributed by atoms with E-state index in [2.05, 4.69) is 69.4 Å². The van der Waals surface area contributed by atoms with Gasteiger partial charge >= 0.3 is 6.09 Å². The van der Waals surface area contributed by atoms with Crippen LogP contribution in [0.15, 0.2) is 59.1 Å². The van der Waals surface area contributed by atoms with Gasteiger partial charge in [-0.2, -0.15) is 0 Å². The second-order valence-corrected chi connectivity index (χ2v) is 9.58. The zero-order valence-electron chi connectivity index (χ0n) is 17.4. The Morgan fingerprint density at radius 1 is 1.00 bits per heavy atom. The van der Waals surface area contributed by atoms with Gasteiger partial charge in [-0.3, -0.25) is 4.90 Å². The number of hydrogen-bond acceptors (Lipinski definition) is 2. The highest BCUT2D eigenvalue weighted by molar-refractivity contribution is 9.10. The minimum absolute atomic E-state index is 0.188. The summed E-state index contributed by atoms with van der Waals surface area (Å²) >= 11 is 3.59. The molecule has 0 saturated carbocycles. The summed E-state index contributed by atoms with van der Waals surface area (Å²) in [6, 6.07) is 19.4. The summed E-state index contributed by atoms with van der Waals surface area (Å²) in [5.41, 5.74) is 9.57. The van der Waals surface area contributed by atoms with Gasteiger partial charge in [0.05, 0.1) is 17.1 Å². The molecule has 160 valence electrons. The number of carbonyl (C=O) groups is 1. The Balaban J connectivity index is 1.35. The third-order valence-electron chi connectivity index (χ3n) is 6.77. The van der Waals surface area contributed by atoms with E-state index in [-0.39, 0.29) is 6.04 Å². The highest BCUT2D eigenvalue weighted by Gasteiger charge is 2.32.